The lowest BCUT2D eigenvalue weighted by Crippen LogP contribution is -2.37. The van der Waals surface area contributed by atoms with Gasteiger partial charge in [-0.25, -0.2) is 0 Å². The summed E-state index contributed by atoms with van der Waals surface area (Å²) in [5.74, 6) is -0.109. The summed E-state index contributed by atoms with van der Waals surface area (Å²) in [4.78, 5) is 11.9. The van der Waals surface area contributed by atoms with E-state index in [1.165, 1.54) is 0 Å². The zero-order valence-electron chi connectivity index (χ0n) is 10.1. The van der Waals surface area contributed by atoms with Gasteiger partial charge in [0.05, 0.1) is 12.6 Å². The van der Waals surface area contributed by atoms with Crippen molar-refractivity contribution in [2.24, 2.45) is 0 Å². The topological polar surface area (TPSA) is 49.3 Å². The molecule has 0 aliphatic heterocycles. The minimum absolute atomic E-state index is 0.0207. The second kappa shape index (κ2) is 5.66. The monoisotopic (exact) mass is 221 g/mol. The number of rotatable bonds is 4. The largest absolute Gasteiger partial charge is 0.394 e. The molecule has 0 spiro atoms. The third-order valence-electron chi connectivity index (χ3n) is 2.90. The number of aliphatic hydroxyl groups is 1. The van der Waals surface area contributed by atoms with Gasteiger partial charge in [-0.3, -0.25) is 4.79 Å². The predicted molar refractivity (Wildman–Crippen MR) is 64.5 cm³/mol. The zero-order chi connectivity index (χ0) is 12.1. The summed E-state index contributed by atoms with van der Waals surface area (Å²) in [5, 5.41) is 11.8. The molecule has 0 unspecified atom stereocenters. The molecule has 88 valence electrons. The van der Waals surface area contributed by atoms with E-state index >= 15 is 0 Å². The lowest BCUT2D eigenvalue weighted by atomic mass is 10.0. The maximum Gasteiger partial charge on any atom is 0.251 e. The van der Waals surface area contributed by atoms with Crippen LogP contribution in [0.4, 0.5) is 0 Å². The second-order valence-electron chi connectivity index (χ2n) is 4.01. The van der Waals surface area contributed by atoms with Crippen LogP contribution in [-0.4, -0.2) is 23.7 Å². The molecule has 3 heteroatoms. The van der Waals surface area contributed by atoms with E-state index in [0.29, 0.717) is 5.56 Å². The second-order valence-corrected chi connectivity index (χ2v) is 4.01. The van der Waals surface area contributed by atoms with E-state index in [-0.39, 0.29) is 18.6 Å². The maximum atomic E-state index is 11.9. The van der Waals surface area contributed by atoms with Crippen molar-refractivity contribution in [3.8, 4) is 0 Å². The molecule has 0 aromatic heterocycles. The van der Waals surface area contributed by atoms with E-state index < -0.39 is 0 Å². The first-order valence-electron chi connectivity index (χ1n) is 5.58. The minimum Gasteiger partial charge on any atom is -0.394 e. The Morgan fingerprint density at radius 2 is 2.12 bits per heavy atom. The van der Waals surface area contributed by atoms with Crippen LogP contribution in [0.3, 0.4) is 0 Å². The van der Waals surface area contributed by atoms with Crippen LogP contribution < -0.4 is 5.32 Å². The SMILES string of the molecule is CC[C@H](CO)NC(=O)c1cccc(C)c1C. The number of aliphatic hydroxyl groups excluding tert-OH is 1. The highest BCUT2D eigenvalue weighted by molar-refractivity contribution is 5.96. The number of aryl methyl sites for hydroxylation is 1. The fraction of sp³-hybridized carbons (Fsp3) is 0.462. The third kappa shape index (κ3) is 2.83. The van der Waals surface area contributed by atoms with Gasteiger partial charge < -0.3 is 10.4 Å². The normalized spacial score (nSPS) is 12.2. The number of benzene rings is 1. The van der Waals surface area contributed by atoms with Gasteiger partial charge in [-0.05, 0) is 37.5 Å². The summed E-state index contributed by atoms with van der Waals surface area (Å²) >= 11 is 0. The van der Waals surface area contributed by atoms with Crippen molar-refractivity contribution in [3.63, 3.8) is 0 Å². The van der Waals surface area contributed by atoms with Crippen LogP contribution in [0.5, 0.6) is 0 Å². The van der Waals surface area contributed by atoms with Crippen molar-refractivity contribution < 1.29 is 9.90 Å². The van der Waals surface area contributed by atoms with Crippen LogP contribution in [0.25, 0.3) is 0 Å². The summed E-state index contributed by atoms with van der Waals surface area (Å²) < 4.78 is 0. The van der Waals surface area contributed by atoms with Crippen LogP contribution in [0.2, 0.25) is 0 Å². The number of carbonyl (C=O) groups is 1. The predicted octanol–water partition coefficient (Wildman–Crippen LogP) is 1.80. The molecule has 0 aliphatic carbocycles. The molecule has 1 aromatic rings. The number of carbonyl (C=O) groups excluding carboxylic acids is 1. The molecule has 3 nitrogen and oxygen atoms in total. The highest BCUT2D eigenvalue weighted by Crippen LogP contribution is 2.12. The third-order valence-corrected chi connectivity index (χ3v) is 2.90. The molecule has 16 heavy (non-hydrogen) atoms. The van der Waals surface area contributed by atoms with E-state index in [1.807, 2.05) is 39.0 Å². The first-order chi connectivity index (χ1) is 7.60. The summed E-state index contributed by atoms with van der Waals surface area (Å²) in [7, 11) is 0. The van der Waals surface area contributed by atoms with Crippen molar-refractivity contribution in [1.82, 2.24) is 5.32 Å². The van der Waals surface area contributed by atoms with Crippen LogP contribution in [0.15, 0.2) is 18.2 Å². The van der Waals surface area contributed by atoms with E-state index in [1.54, 1.807) is 0 Å². The van der Waals surface area contributed by atoms with Crippen LogP contribution in [0, 0.1) is 13.8 Å². The first kappa shape index (κ1) is 12.7. The number of amides is 1. The smallest absolute Gasteiger partial charge is 0.251 e. The van der Waals surface area contributed by atoms with Crippen LogP contribution in [-0.2, 0) is 0 Å². The van der Waals surface area contributed by atoms with Crippen molar-refractivity contribution in [3.05, 3.63) is 34.9 Å². The van der Waals surface area contributed by atoms with E-state index in [4.69, 9.17) is 5.11 Å². The Hall–Kier alpha value is -1.35. The highest BCUT2D eigenvalue weighted by Gasteiger charge is 2.13. The van der Waals surface area contributed by atoms with Gasteiger partial charge in [0.15, 0.2) is 0 Å². The van der Waals surface area contributed by atoms with Crippen molar-refractivity contribution in [1.29, 1.82) is 0 Å². The Kier molecular flexibility index (Phi) is 4.50. The van der Waals surface area contributed by atoms with Gasteiger partial charge in [-0.2, -0.15) is 0 Å². The molecule has 0 heterocycles. The zero-order valence-corrected chi connectivity index (χ0v) is 10.1. The number of hydrogen-bond acceptors (Lipinski definition) is 2. The average Bonchev–Trinajstić information content (AvgIpc) is 2.29. The minimum atomic E-state index is -0.160. The molecule has 0 radical (unpaired) electrons. The Labute approximate surface area is 96.5 Å². The molecule has 0 saturated heterocycles. The molecule has 1 amide bonds. The van der Waals surface area contributed by atoms with Gasteiger partial charge in [0.25, 0.3) is 5.91 Å². The summed E-state index contributed by atoms with van der Waals surface area (Å²) in [6, 6.07) is 5.50. The molecule has 0 aliphatic rings. The highest BCUT2D eigenvalue weighted by atomic mass is 16.3. The molecule has 1 aromatic carbocycles. The fourth-order valence-electron chi connectivity index (χ4n) is 1.54. The molecule has 0 bridgehead atoms. The van der Waals surface area contributed by atoms with Gasteiger partial charge in [-0.1, -0.05) is 19.1 Å². The van der Waals surface area contributed by atoms with Gasteiger partial charge in [0.2, 0.25) is 0 Å². The fourth-order valence-corrected chi connectivity index (χ4v) is 1.54. The summed E-state index contributed by atoms with van der Waals surface area (Å²) in [6.45, 7) is 5.83. The molecule has 1 atom stereocenters. The number of nitrogens with one attached hydrogen (secondary N) is 1. The molecular weight excluding hydrogens is 202 g/mol. The molecule has 2 N–H and O–H groups in total. The average molecular weight is 221 g/mol. The standard InChI is InChI=1S/C13H19NO2/c1-4-11(8-15)14-13(16)12-7-5-6-9(2)10(12)3/h5-7,11,15H,4,8H2,1-3H3,(H,14,16)/t11-/m1/s1. The van der Waals surface area contributed by atoms with Crippen LogP contribution >= 0.6 is 0 Å². The van der Waals surface area contributed by atoms with E-state index in [2.05, 4.69) is 5.32 Å². The lowest BCUT2D eigenvalue weighted by molar-refractivity contribution is 0.0914. The molecular formula is C13H19NO2. The van der Waals surface area contributed by atoms with Gasteiger partial charge in [-0.15, -0.1) is 0 Å². The quantitative estimate of drug-likeness (QED) is 0.814. The van der Waals surface area contributed by atoms with Gasteiger partial charge >= 0.3 is 0 Å². The molecule has 0 fully saturated rings. The summed E-state index contributed by atoms with van der Waals surface area (Å²) in [5.41, 5.74) is 2.78. The van der Waals surface area contributed by atoms with E-state index in [0.717, 1.165) is 17.5 Å². The van der Waals surface area contributed by atoms with Crippen molar-refractivity contribution in [2.45, 2.75) is 33.2 Å². The van der Waals surface area contributed by atoms with Crippen molar-refractivity contribution >= 4 is 5.91 Å². The Morgan fingerprint density at radius 3 is 2.69 bits per heavy atom. The van der Waals surface area contributed by atoms with Crippen molar-refractivity contribution in [2.75, 3.05) is 6.61 Å². The Balaban J connectivity index is 2.84. The molecule has 1 rings (SSSR count). The Bertz CT molecular complexity index is 370. The summed E-state index contributed by atoms with van der Waals surface area (Å²) in [6.07, 6.45) is 0.729. The Morgan fingerprint density at radius 1 is 1.44 bits per heavy atom. The maximum absolute atomic E-state index is 11.9. The van der Waals surface area contributed by atoms with Crippen LogP contribution in [0.1, 0.15) is 34.8 Å². The van der Waals surface area contributed by atoms with E-state index in [9.17, 15) is 4.79 Å². The lowest BCUT2D eigenvalue weighted by Gasteiger charge is -2.15. The first-order valence-corrected chi connectivity index (χ1v) is 5.58. The van der Waals surface area contributed by atoms with Gasteiger partial charge in [0, 0.05) is 5.56 Å². The number of hydrogen-bond donors (Lipinski definition) is 2. The molecule has 0 saturated carbocycles. The van der Waals surface area contributed by atoms with Gasteiger partial charge in [0.1, 0.15) is 0 Å².